The van der Waals surface area contributed by atoms with Crippen molar-refractivity contribution >= 4 is 5.91 Å². The first-order chi connectivity index (χ1) is 41.3. The van der Waals surface area contributed by atoms with Crippen LogP contribution in [0.3, 0.4) is 0 Å². The van der Waals surface area contributed by atoms with Gasteiger partial charge in [0.25, 0.3) is 0 Å². The van der Waals surface area contributed by atoms with E-state index in [1.54, 1.807) is 0 Å². The molecule has 1 aliphatic heterocycles. The lowest BCUT2D eigenvalue weighted by Crippen LogP contribution is -2.60. The number of carbonyl (C=O) groups is 1. The van der Waals surface area contributed by atoms with Crippen LogP contribution < -0.4 is 5.32 Å². The minimum absolute atomic E-state index is 0.133. The lowest BCUT2D eigenvalue weighted by atomic mass is 9.99. The number of hydrogen-bond donors (Lipinski definition) is 6. The number of rotatable bonds is 66. The molecule has 1 heterocycles. The average molecular weight is 1190 g/mol. The Kier molecular flexibility index (Phi) is 61.7. The number of carbonyl (C=O) groups excluding carboxylic acids is 1. The molecule has 0 radical (unpaired) electrons. The van der Waals surface area contributed by atoms with E-state index in [0.29, 0.717) is 12.8 Å². The number of aliphatic hydroxyl groups excluding tert-OH is 5. The third-order valence-electron chi connectivity index (χ3n) is 18.0. The predicted molar refractivity (Wildman–Crippen MR) is 360 cm³/mol. The number of aliphatic hydroxyl groups is 5. The molecular weight excluding hydrogens is 1040 g/mol. The number of unbranched alkanes of at least 4 members (excludes halogenated alkanes) is 50. The second-order valence-electron chi connectivity index (χ2n) is 26.1. The second kappa shape index (κ2) is 64.4. The Morgan fingerprint density at radius 1 is 0.405 bits per heavy atom. The highest BCUT2D eigenvalue weighted by Crippen LogP contribution is 2.24. The van der Waals surface area contributed by atoms with Gasteiger partial charge in [-0.15, -0.1) is 0 Å². The van der Waals surface area contributed by atoms with Gasteiger partial charge in [0.15, 0.2) is 6.29 Å². The first-order valence-corrected chi connectivity index (χ1v) is 37.2. The van der Waals surface area contributed by atoms with Crippen LogP contribution >= 0.6 is 0 Å². The normalized spacial score (nSPS) is 18.3. The van der Waals surface area contributed by atoms with Crippen LogP contribution in [0.1, 0.15) is 380 Å². The Balaban J connectivity index is 2.02. The van der Waals surface area contributed by atoms with Gasteiger partial charge in [-0.1, -0.05) is 359 Å². The van der Waals surface area contributed by atoms with E-state index in [0.717, 1.165) is 51.4 Å². The van der Waals surface area contributed by atoms with Gasteiger partial charge in [0.1, 0.15) is 24.4 Å². The molecule has 0 bridgehead atoms. The zero-order valence-electron chi connectivity index (χ0n) is 55.7. The molecule has 7 atom stereocenters. The van der Waals surface area contributed by atoms with Gasteiger partial charge in [-0.05, 0) is 51.4 Å². The quantitative estimate of drug-likeness (QED) is 0.0261. The van der Waals surface area contributed by atoms with Crippen molar-refractivity contribution in [2.24, 2.45) is 0 Å². The van der Waals surface area contributed by atoms with Crippen LogP contribution in [0.25, 0.3) is 0 Å². The fourth-order valence-electron chi connectivity index (χ4n) is 12.2. The Morgan fingerprint density at radius 3 is 1.04 bits per heavy atom. The molecular formula is C75H143NO8. The Bertz CT molecular complexity index is 1420. The number of allylic oxidation sites excluding steroid dienone is 6. The maximum Gasteiger partial charge on any atom is 0.220 e. The van der Waals surface area contributed by atoms with E-state index in [1.807, 2.05) is 0 Å². The summed E-state index contributed by atoms with van der Waals surface area (Å²) in [7, 11) is 0. The van der Waals surface area contributed by atoms with Gasteiger partial charge < -0.3 is 40.3 Å². The maximum absolute atomic E-state index is 13.2. The van der Waals surface area contributed by atoms with Gasteiger partial charge in [-0.25, -0.2) is 0 Å². The van der Waals surface area contributed by atoms with E-state index in [2.05, 4.69) is 55.6 Å². The zero-order valence-corrected chi connectivity index (χ0v) is 55.7. The highest BCUT2D eigenvalue weighted by molar-refractivity contribution is 5.76. The molecule has 7 unspecified atom stereocenters. The average Bonchev–Trinajstić information content (AvgIpc) is 3.70. The molecule has 0 aliphatic carbocycles. The molecule has 1 rings (SSSR count). The fraction of sp³-hybridized carbons (Fsp3) is 0.907. The summed E-state index contributed by atoms with van der Waals surface area (Å²) in [6.45, 7) is 3.88. The molecule has 496 valence electrons. The summed E-state index contributed by atoms with van der Waals surface area (Å²) in [5.74, 6) is -0.135. The summed E-state index contributed by atoms with van der Waals surface area (Å²) < 4.78 is 11.4. The monoisotopic (exact) mass is 1190 g/mol. The van der Waals surface area contributed by atoms with Gasteiger partial charge >= 0.3 is 0 Å². The number of nitrogens with one attached hydrogen (secondary N) is 1. The van der Waals surface area contributed by atoms with E-state index >= 15 is 0 Å². The van der Waals surface area contributed by atoms with E-state index in [4.69, 9.17) is 9.47 Å². The maximum atomic E-state index is 13.2. The molecule has 0 aromatic carbocycles. The van der Waals surface area contributed by atoms with Crippen molar-refractivity contribution < 1.29 is 39.8 Å². The number of ether oxygens (including phenoxy) is 2. The second-order valence-corrected chi connectivity index (χ2v) is 26.1. The van der Waals surface area contributed by atoms with Crippen LogP contribution in [0.2, 0.25) is 0 Å². The first kappa shape index (κ1) is 80.4. The Hall–Kier alpha value is -1.59. The van der Waals surface area contributed by atoms with Gasteiger partial charge in [-0.3, -0.25) is 4.79 Å². The molecule has 0 aromatic rings. The van der Waals surface area contributed by atoms with Crippen LogP contribution in [-0.4, -0.2) is 87.5 Å². The van der Waals surface area contributed by atoms with Crippen LogP contribution in [0.5, 0.6) is 0 Å². The summed E-state index contributed by atoms with van der Waals surface area (Å²) in [5.41, 5.74) is 0. The topological polar surface area (TPSA) is 149 Å². The standard InChI is InChI=1S/C75H143NO8/c1-3-5-7-9-11-13-15-17-19-21-23-25-26-27-28-29-30-31-32-33-34-35-36-37-38-39-40-41-42-43-44-45-47-49-51-53-55-57-59-61-63-65-71(79)76-68(67-83-75-74(82)73(81)72(80)70(66-77)84-75)69(78)64-62-60-58-56-54-52-50-48-46-24-22-20-18-16-14-12-10-8-6-4-2/h15,17,21,23,26-27,68-70,72-75,77-78,80-82H,3-14,16,18-20,22,24-25,28-67H2,1-2H3,(H,76,79)/b17-15-,23-21-,27-26-. The summed E-state index contributed by atoms with van der Waals surface area (Å²) in [4.78, 5) is 13.2. The summed E-state index contributed by atoms with van der Waals surface area (Å²) in [6, 6.07) is -0.717. The molecule has 0 saturated carbocycles. The van der Waals surface area contributed by atoms with Gasteiger partial charge in [0.2, 0.25) is 5.91 Å². The van der Waals surface area contributed by atoms with E-state index in [9.17, 15) is 30.3 Å². The molecule has 9 nitrogen and oxygen atoms in total. The van der Waals surface area contributed by atoms with Crippen molar-refractivity contribution in [3.63, 3.8) is 0 Å². The van der Waals surface area contributed by atoms with Gasteiger partial charge in [0.05, 0.1) is 25.4 Å². The van der Waals surface area contributed by atoms with Crippen molar-refractivity contribution in [3.05, 3.63) is 36.5 Å². The van der Waals surface area contributed by atoms with Crippen LogP contribution in [0.15, 0.2) is 36.5 Å². The molecule has 6 N–H and O–H groups in total. The van der Waals surface area contributed by atoms with Gasteiger partial charge in [-0.2, -0.15) is 0 Å². The summed E-state index contributed by atoms with van der Waals surface area (Å²) >= 11 is 0. The largest absolute Gasteiger partial charge is 0.394 e. The first-order valence-electron chi connectivity index (χ1n) is 37.2. The van der Waals surface area contributed by atoms with E-state index in [-0.39, 0.29) is 12.5 Å². The Morgan fingerprint density at radius 2 is 0.702 bits per heavy atom. The molecule has 1 saturated heterocycles. The van der Waals surface area contributed by atoms with Gasteiger partial charge in [0, 0.05) is 6.42 Å². The van der Waals surface area contributed by atoms with Crippen molar-refractivity contribution in [1.82, 2.24) is 5.32 Å². The lowest BCUT2D eigenvalue weighted by molar-refractivity contribution is -0.302. The molecule has 1 aliphatic rings. The molecule has 9 heteroatoms. The minimum atomic E-state index is -1.55. The zero-order chi connectivity index (χ0) is 60.7. The number of hydrogen-bond acceptors (Lipinski definition) is 8. The molecule has 0 spiro atoms. The smallest absolute Gasteiger partial charge is 0.220 e. The molecule has 1 amide bonds. The minimum Gasteiger partial charge on any atom is -0.394 e. The SMILES string of the molecule is CCCCCCC/C=C\C/C=C\C/C=C\CCCCCCCCCCCCCCCCCCCCCCCCCCCCC(=O)NC(COC1OC(CO)C(O)C(O)C1O)C(O)CCCCCCCCCCCCCCCCCCCCCC. The summed E-state index contributed by atoms with van der Waals surface area (Å²) in [6.07, 6.45) is 79.5. The van der Waals surface area contributed by atoms with Crippen LogP contribution in [0.4, 0.5) is 0 Å². The van der Waals surface area contributed by atoms with Crippen LogP contribution in [0, 0.1) is 0 Å². The molecule has 84 heavy (non-hydrogen) atoms. The fourth-order valence-corrected chi connectivity index (χ4v) is 12.2. The Labute approximate surface area is 521 Å². The highest BCUT2D eigenvalue weighted by Gasteiger charge is 2.44. The lowest BCUT2D eigenvalue weighted by Gasteiger charge is -2.40. The highest BCUT2D eigenvalue weighted by atomic mass is 16.7. The number of amides is 1. The van der Waals surface area contributed by atoms with Crippen molar-refractivity contribution in [2.75, 3.05) is 13.2 Å². The van der Waals surface area contributed by atoms with Crippen molar-refractivity contribution in [2.45, 2.75) is 423 Å². The summed E-state index contributed by atoms with van der Waals surface area (Å²) in [5, 5.41) is 54.9. The van der Waals surface area contributed by atoms with Crippen LogP contribution in [-0.2, 0) is 14.3 Å². The third kappa shape index (κ3) is 52.4. The van der Waals surface area contributed by atoms with Crippen molar-refractivity contribution in [1.29, 1.82) is 0 Å². The van der Waals surface area contributed by atoms with E-state index in [1.165, 1.54) is 302 Å². The van der Waals surface area contributed by atoms with Crippen molar-refractivity contribution in [3.8, 4) is 0 Å². The predicted octanol–water partition coefficient (Wildman–Crippen LogP) is 20.6. The molecule has 0 aromatic heterocycles. The molecule has 1 fully saturated rings. The third-order valence-corrected chi connectivity index (χ3v) is 18.0. The van der Waals surface area contributed by atoms with E-state index < -0.39 is 49.5 Å².